The van der Waals surface area contributed by atoms with Crippen molar-refractivity contribution in [2.75, 3.05) is 0 Å². The van der Waals surface area contributed by atoms with Gasteiger partial charge in [0.1, 0.15) is 7.63 Å². The number of rotatable bonds is 14. The molecule has 0 rings (SSSR count). The van der Waals surface area contributed by atoms with Crippen LogP contribution in [-0.4, -0.2) is 6.26 Å². The average Bonchev–Trinajstić information content (AvgIpc) is 2.56. The Morgan fingerprint density at radius 3 is 1.57 bits per heavy atom. The molecule has 0 aliphatic carbocycles. The molecule has 0 aromatic heterocycles. The Hall–Kier alpha value is -1.89. The standard InChI is InChI=1S/C22H32O/c1-2-3-4-5-6-7-8-9-10-11-12-13-14-15-16-17-18-19-20-21-22-23/h10-22H,2-9H2,1H3/i22D. The average molecular weight is 314 g/mol. The van der Waals surface area contributed by atoms with E-state index < -0.39 is 6.26 Å². The molecular formula is C22H32O. The number of aldehydes is 1. The first-order chi connectivity index (χ1) is 11.8. The number of carbonyl (C=O) groups excluding carboxylic acids is 1. The molecule has 1 heteroatoms. The largest absolute Gasteiger partial charge is 0.299 e. The minimum absolute atomic E-state index is 0.686. The SMILES string of the molecule is [2H]C(=O)C=CC=CC=CC=CC=CC=CCCCCCCCCC. The monoisotopic (exact) mass is 313 g/mol. The van der Waals surface area contributed by atoms with Gasteiger partial charge in [0, 0.05) is 0 Å². The molecule has 126 valence electrons. The molecule has 0 saturated heterocycles. The van der Waals surface area contributed by atoms with Gasteiger partial charge in [-0.25, -0.2) is 0 Å². The normalized spacial score (nSPS) is 13.7. The van der Waals surface area contributed by atoms with Crippen LogP contribution in [0, 0.1) is 0 Å². The van der Waals surface area contributed by atoms with Gasteiger partial charge in [-0.15, -0.1) is 0 Å². The molecule has 1 nitrogen and oxygen atoms in total. The summed E-state index contributed by atoms with van der Waals surface area (Å²) < 4.78 is 6.68. The molecular weight excluding hydrogens is 280 g/mol. The van der Waals surface area contributed by atoms with E-state index in [2.05, 4.69) is 19.1 Å². The van der Waals surface area contributed by atoms with Gasteiger partial charge in [-0.2, -0.15) is 0 Å². The summed E-state index contributed by atoms with van der Waals surface area (Å²) in [5.74, 6) is 0. The van der Waals surface area contributed by atoms with Crippen molar-refractivity contribution >= 4 is 6.26 Å². The highest BCUT2D eigenvalue weighted by molar-refractivity contribution is 5.65. The maximum absolute atomic E-state index is 10.3. The van der Waals surface area contributed by atoms with Gasteiger partial charge in [-0.1, -0.05) is 112 Å². The topological polar surface area (TPSA) is 17.1 Å². The quantitative estimate of drug-likeness (QED) is 0.152. The van der Waals surface area contributed by atoms with Crippen LogP contribution in [0.15, 0.2) is 72.9 Å². The van der Waals surface area contributed by atoms with Crippen molar-refractivity contribution in [1.29, 1.82) is 0 Å². The zero-order valence-electron chi connectivity index (χ0n) is 15.5. The molecule has 0 atom stereocenters. The highest BCUT2D eigenvalue weighted by atomic mass is 16.1. The summed E-state index contributed by atoms with van der Waals surface area (Å²) in [5.41, 5.74) is 0. The van der Waals surface area contributed by atoms with Crippen LogP contribution in [0.5, 0.6) is 0 Å². The fourth-order valence-electron chi connectivity index (χ4n) is 2.00. The smallest absolute Gasteiger partial charge is 0.142 e. The summed E-state index contributed by atoms with van der Waals surface area (Å²) in [7, 11) is 0. The number of hydrogen-bond donors (Lipinski definition) is 0. The highest BCUT2D eigenvalue weighted by Crippen LogP contribution is 2.08. The van der Waals surface area contributed by atoms with Gasteiger partial charge < -0.3 is 0 Å². The van der Waals surface area contributed by atoms with Gasteiger partial charge in [0.25, 0.3) is 0 Å². The van der Waals surface area contributed by atoms with Crippen molar-refractivity contribution in [2.45, 2.75) is 58.3 Å². The van der Waals surface area contributed by atoms with Gasteiger partial charge in [0.2, 0.25) is 0 Å². The lowest BCUT2D eigenvalue weighted by atomic mass is 10.1. The minimum atomic E-state index is -0.686. The molecule has 0 fully saturated rings. The Morgan fingerprint density at radius 1 is 0.609 bits per heavy atom. The van der Waals surface area contributed by atoms with E-state index in [1.807, 2.05) is 42.5 Å². The first-order valence-electron chi connectivity index (χ1n) is 9.27. The molecule has 23 heavy (non-hydrogen) atoms. The molecule has 0 aromatic carbocycles. The van der Waals surface area contributed by atoms with Crippen LogP contribution in [0.25, 0.3) is 0 Å². The van der Waals surface area contributed by atoms with Crippen molar-refractivity contribution in [3.8, 4) is 0 Å². The Bertz CT molecular complexity index is 464. The van der Waals surface area contributed by atoms with Crippen molar-refractivity contribution in [2.24, 2.45) is 0 Å². The maximum atomic E-state index is 10.3. The van der Waals surface area contributed by atoms with Crippen molar-refractivity contribution < 1.29 is 6.17 Å². The lowest BCUT2D eigenvalue weighted by molar-refractivity contribution is -0.104. The van der Waals surface area contributed by atoms with Crippen LogP contribution in [0.2, 0.25) is 0 Å². The summed E-state index contributed by atoms with van der Waals surface area (Å²) in [5, 5.41) is 0. The summed E-state index contributed by atoms with van der Waals surface area (Å²) in [4.78, 5) is 10.3. The molecule has 0 saturated carbocycles. The van der Waals surface area contributed by atoms with E-state index in [4.69, 9.17) is 1.37 Å². The van der Waals surface area contributed by atoms with Gasteiger partial charge in [0.05, 0.1) is 0 Å². The first-order valence-corrected chi connectivity index (χ1v) is 8.77. The predicted molar refractivity (Wildman–Crippen MR) is 104 cm³/mol. The minimum Gasteiger partial charge on any atom is -0.299 e. The Labute approximate surface area is 144 Å². The third-order valence-corrected chi connectivity index (χ3v) is 3.27. The van der Waals surface area contributed by atoms with Crippen LogP contribution in [0.1, 0.15) is 59.7 Å². The molecule has 0 spiro atoms. The zero-order valence-corrected chi connectivity index (χ0v) is 14.5. The van der Waals surface area contributed by atoms with Crippen molar-refractivity contribution in [3.05, 3.63) is 72.9 Å². The Balaban J connectivity index is 3.57. The van der Waals surface area contributed by atoms with Crippen LogP contribution in [0.3, 0.4) is 0 Å². The van der Waals surface area contributed by atoms with E-state index in [1.165, 1.54) is 57.4 Å². The second kappa shape index (κ2) is 20.1. The number of unbranched alkanes of at least 4 members (excludes halogenated alkanes) is 7. The van der Waals surface area contributed by atoms with Gasteiger partial charge in [-0.05, 0) is 18.9 Å². The first kappa shape index (κ1) is 19.2. The van der Waals surface area contributed by atoms with Crippen LogP contribution < -0.4 is 0 Å². The van der Waals surface area contributed by atoms with E-state index in [9.17, 15) is 4.79 Å². The van der Waals surface area contributed by atoms with E-state index >= 15 is 0 Å². The van der Waals surface area contributed by atoms with Crippen molar-refractivity contribution in [1.82, 2.24) is 0 Å². The fraction of sp³-hybridized carbons (Fsp3) is 0.409. The fourth-order valence-corrected chi connectivity index (χ4v) is 2.00. The molecule has 0 N–H and O–H groups in total. The molecule has 0 aliphatic rings. The molecule has 0 heterocycles. The second-order valence-corrected chi connectivity index (χ2v) is 5.35. The lowest BCUT2D eigenvalue weighted by Gasteiger charge is -1.98. The van der Waals surface area contributed by atoms with Crippen LogP contribution in [-0.2, 0) is 4.79 Å². The van der Waals surface area contributed by atoms with E-state index in [1.54, 1.807) is 12.2 Å². The molecule has 0 aliphatic heterocycles. The zero-order chi connectivity index (χ0) is 17.7. The van der Waals surface area contributed by atoms with E-state index in [0.29, 0.717) is 0 Å². The van der Waals surface area contributed by atoms with Gasteiger partial charge >= 0.3 is 0 Å². The van der Waals surface area contributed by atoms with Crippen LogP contribution in [0.4, 0.5) is 0 Å². The number of carbonyl (C=O) groups is 1. The highest BCUT2D eigenvalue weighted by Gasteiger charge is 1.88. The summed E-state index contributed by atoms with van der Waals surface area (Å²) in [6, 6.07) is 0. The summed E-state index contributed by atoms with van der Waals surface area (Å²) >= 11 is 0. The van der Waals surface area contributed by atoms with E-state index in [-0.39, 0.29) is 0 Å². The predicted octanol–water partition coefficient (Wildman–Crippen LogP) is 6.66. The van der Waals surface area contributed by atoms with Gasteiger partial charge in [0.15, 0.2) is 0 Å². The Kier molecular flexibility index (Phi) is 16.8. The van der Waals surface area contributed by atoms with Crippen LogP contribution >= 0.6 is 0 Å². The molecule has 0 unspecified atom stereocenters. The number of hydrogen-bond acceptors (Lipinski definition) is 1. The van der Waals surface area contributed by atoms with E-state index in [0.717, 1.165) is 0 Å². The molecule has 0 bridgehead atoms. The summed E-state index contributed by atoms with van der Waals surface area (Å²) in [6.07, 6.45) is 32.4. The van der Waals surface area contributed by atoms with Gasteiger partial charge in [-0.3, -0.25) is 4.79 Å². The third kappa shape index (κ3) is 20.1. The van der Waals surface area contributed by atoms with Crippen molar-refractivity contribution in [3.63, 3.8) is 0 Å². The molecule has 0 radical (unpaired) electrons. The molecule has 0 amide bonds. The summed E-state index contributed by atoms with van der Waals surface area (Å²) in [6.45, 7) is 2.26. The lowest BCUT2D eigenvalue weighted by Crippen LogP contribution is -1.78. The maximum Gasteiger partial charge on any atom is 0.142 e. The third-order valence-electron chi connectivity index (χ3n) is 3.27. The number of allylic oxidation sites excluding steroid dienone is 12. The second-order valence-electron chi connectivity index (χ2n) is 5.35. The molecule has 0 aromatic rings. The Morgan fingerprint density at radius 2 is 1.04 bits per heavy atom.